The minimum absolute atomic E-state index is 0.317. The predicted molar refractivity (Wildman–Crippen MR) is 35.7 cm³/mol. The van der Waals surface area contributed by atoms with Gasteiger partial charge in [-0.1, -0.05) is 13.8 Å². The smallest absolute Gasteiger partial charge is 0.242 e. The SMILES string of the molecule is CC/C=C(/CC)[N+](=O)[O-]. The van der Waals surface area contributed by atoms with E-state index in [0.29, 0.717) is 12.1 Å². The lowest BCUT2D eigenvalue weighted by atomic mass is 10.3. The van der Waals surface area contributed by atoms with Gasteiger partial charge in [0.1, 0.15) is 0 Å². The summed E-state index contributed by atoms with van der Waals surface area (Å²) in [6.45, 7) is 3.67. The molecule has 0 unspecified atom stereocenters. The van der Waals surface area contributed by atoms with E-state index >= 15 is 0 Å². The monoisotopic (exact) mass is 129 g/mol. The van der Waals surface area contributed by atoms with Gasteiger partial charge in [0.05, 0.1) is 4.92 Å². The Hall–Kier alpha value is -0.860. The molecule has 0 spiro atoms. The summed E-state index contributed by atoms with van der Waals surface area (Å²) in [6, 6.07) is 0. The van der Waals surface area contributed by atoms with Gasteiger partial charge in [-0.15, -0.1) is 0 Å². The van der Waals surface area contributed by atoms with Gasteiger partial charge >= 0.3 is 0 Å². The van der Waals surface area contributed by atoms with E-state index in [4.69, 9.17) is 0 Å². The van der Waals surface area contributed by atoms with Crippen molar-refractivity contribution in [2.45, 2.75) is 26.7 Å². The number of nitro groups is 1. The first-order valence-corrected chi connectivity index (χ1v) is 3.05. The summed E-state index contributed by atoms with van der Waals surface area (Å²) in [5.41, 5.74) is 0.317. The van der Waals surface area contributed by atoms with Crippen molar-refractivity contribution >= 4 is 0 Å². The maximum absolute atomic E-state index is 10.1. The first-order chi connectivity index (χ1) is 4.22. The minimum atomic E-state index is -0.330. The Morgan fingerprint density at radius 2 is 2.22 bits per heavy atom. The molecule has 0 aliphatic rings. The van der Waals surface area contributed by atoms with Gasteiger partial charge in [-0.2, -0.15) is 0 Å². The van der Waals surface area contributed by atoms with Crippen LogP contribution in [0.5, 0.6) is 0 Å². The summed E-state index contributed by atoms with van der Waals surface area (Å²) >= 11 is 0. The highest BCUT2D eigenvalue weighted by molar-refractivity contribution is 4.88. The molecule has 52 valence electrons. The molecule has 0 aromatic rings. The zero-order valence-electron chi connectivity index (χ0n) is 5.76. The van der Waals surface area contributed by atoms with Crippen LogP contribution in [0.25, 0.3) is 0 Å². The van der Waals surface area contributed by atoms with E-state index in [9.17, 15) is 10.1 Å². The van der Waals surface area contributed by atoms with Gasteiger partial charge < -0.3 is 0 Å². The Morgan fingerprint density at radius 3 is 2.33 bits per heavy atom. The Labute approximate surface area is 54.5 Å². The van der Waals surface area contributed by atoms with Crippen LogP contribution in [0.15, 0.2) is 11.8 Å². The fourth-order valence-corrected chi connectivity index (χ4v) is 0.584. The van der Waals surface area contributed by atoms with Crippen LogP contribution in [0, 0.1) is 10.1 Å². The Kier molecular flexibility index (Phi) is 3.67. The standard InChI is InChI=1S/C6H11NO2/c1-3-5-6(4-2)7(8)9/h5H,3-4H2,1-2H3/b6-5-. The molecule has 9 heavy (non-hydrogen) atoms. The van der Waals surface area contributed by atoms with Crippen LogP contribution >= 0.6 is 0 Å². The molecule has 0 aromatic heterocycles. The number of hydrogen-bond donors (Lipinski definition) is 0. The highest BCUT2D eigenvalue weighted by Gasteiger charge is 2.03. The molecular formula is C6H11NO2. The van der Waals surface area contributed by atoms with Crippen LogP contribution in [0.1, 0.15) is 26.7 Å². The second-order valence-electron chi connectivity index (χ2n) is 1.71. The normalized spacial score (nSPS) is 11.6. The van der Waals surface area contributed by atoms with Gasteiger partial charge in [-0.25, -0.2) is 0 Å². The minimum Gasteiger partial charge on any atom is -0.259 e. The highest BCUT2D eigenvalue weighted by atomic mass is 16.6. The molecule has 3 heteroatoms. The van der Waals surface area contributed by atoms with Crippen molar-refractivity contribution < 1.29 is 4.92 Å². The summed E-state index contributed by atoms with van der Waals surface area (Å²) in [7, 11) is 0. The molecule has 0 aliphatic heterocycles. The second-order valence-corrected chi connectivity index (χ2v) is 1.71. The van der Waals surface area contributed by atoms with Crippen LogP contribution in [-0.4, -0.2) is 4.92 Å². The predicted octanol–water partition coefficient (Wildman–Crippen LogP) is 1.97. The zero-order valence-corrected chi connectivity index (χ0v) is 5.76. The molecule has 0 bridgehead atoms. The van der Waals surface area contributed by atoms with Crippen molar-refractivity contribution in [3.8, 4) is 0 Å². The number of nitrogens with zero attached hydrogens (tertiary/aromatic N) is 1. The summed E-state index contributed by atoms with van der Waals surface area (Å²) in [6.07, 6.45) is 2.89. The van der Waals surface area contributed by atoms with E-state index in [1.807, 2.05) is 6.92 Å². The van der Waals surface area contributed by atoms with Crippen molar-refractivity contribution in [1.29, 1.82) is 0 Å². The molecule has 0 N–H and O–H groups in total. The average molecular weight is 129 g/mol. The average Bonchev–Trinajstić information content (AvgIpc) is 1.82. The fraction of sp³-hybridized carbons (Fsp3) is 0.667. The van der Waals surface area contributed by atoms with E-state index in [1.165, 1.54) is 0 Å². The fourth-order valence-electron chi connectivity index (χ4n) is 0.584. The second kappa shape index (κ2) is 4.06. The lowest BCUT2D eigenvalue weighted by Crippen LogP contribution is -1.95. The van der Waals surface area contributed by atoms with E-state index < -0.39 is 0 Å². The third-order valence-corrected chi connectivity index (χ3v) is 1.04. The van der Waals surface area contributed by atoms with Gasteiger partial charge in [-0.3, -0.25) is 10.1 Å². The molecule has 0 saturated carbocycles. The number of allylic oxidation sites excluding steroid dienone is 2. The summed E-state index contributed by atoms with van der Waals surface area (Å²) in [4.78, 5) is 9.73. The van der Waals surface area contributed by atoms with Crippen molar-refractivity contribution in [2.75, 3.05) is 0 Å². The highest BCUT2D eigenvalue weighted by Crippen LogP contribution is 2.01. The van der Waals surface area contributed by atoms with E-state index in [2.05, 4.69) is 0 Å². The Balaban J connectivity index is 3.98. The topological polar surface area (TPSA) is 43.1 Å². The molecule has 3 nitrogen and oxygen atoms in total. The largest absolute Gasteiger partial charge is 0.259 e. The third-order valence-electron chi connectivity index (χ3n) is 1.04. The molecule has 0 radical (unpaired) electrons. The molecule has 0 aromatic carbocycles. The summed E-state index contributed by atoms with van der Waals surface area (Å²) in [5.74, 6) is 0. The van der Waals surface area contributed by atoms with Crippen molar-refractivity contribution in [3.63, 3.8) is 0 Å². The first-order valence-electron chi connectivity index (χ1n) is 3.05. The molecule has 0 rings (SSSR count). The van der Waals surface area contributed by atoms with Gasteiger partial charge in [-0.05, 0) is 12.5 Å². The molecule has 0 atom stereocenters. The number of rotatable bonds is 3. The maximum Gasteiger partial charge on any atom is 0.242 e. The van der Waals surface area contributed by atoms with Crippen molar-refractivity contribution in [1.82, 2.24) is 0 Å². The van der Waals surface area contributed by atoms with Crippen molar-refractivity contribution in [3.05, 3.63) is 21.9 Å². The lowest BCUT2D eigenvalue weighted by molar-refractivity contribution is -0.427. The van der Waals surface area contributed by atoms with Crippen LogP contribution in [-0.2, 0) is 0 Å². The molecule has 0 fully saturated rings. The quantitative estimate of drug-likeness (QED) is 0.432. The summed E-state index contributed by atoms with van der Waals surface area (Å²) in [5, 5.41) is 10.1. The maximum atomic E-state index is 10.1. The van der Waals surface area contributed by atoms with Gasteiger partial charge in [0.15, 0.2) is 0 Å². The third kappa shape index (κ3) is 2.85. The summed E-state index contributed by atoms with van der Waals surface area (Å²) < 4.78 is 0. The molecule has 0 heterocycles. The molecule has 0 saturated heterocycles. The molecular weight excluding hydrogens is 118 g/mol. The van der Waals surface area contributed by atoms with E-state index in [0.717, 1.165) is 6.42 Å². The first kappa shape index (κ1) is 8.14. The lowest BCUT2D eigenvalue weighted by Gasteiger charge is -1.89. The molecule has 0 amide bonds. The van der Waals surface area contributed by atoms with Gasteiger partial charge in [0, 0.05) is 6.42 Å². The van der Waals surface area contributed by atoms with E-state index in [1.54, 1.807) is 13.0 Å². The van der Waals surface area contributed by atoms with Crippen LogP contribution in [0.3, 0.4) is 0 Å². The van der Waals surface area contributed by atoms with Crippen molar-refractivity contribution in [2.24, 2.45) is 0 Å². The zero-order chi connectivity index (χ0) is 7.28. The van der Waals surface area contributed by atoms with Crippen LogP contribution in [0.4, 0.5) is 0 Å². The number of hydrogen-bond acceptors (Lipinski definition) is 2. The van der Waals surface area contributed by atoms with E-state index in [-0.39, 0.29) is 4.92 Å². The van der Waals surface area contributed by atoms with Gasteiger partial charge in [0.2, 0.25) is 5.70 Å². The van der Waals surface area contributed by atoms with Crippen LogP contribution in [0.2, 0.25) is 0 Å². The Bertz CT molecular complexity index is 129. The van der Waals surface area contributed by atoms with Gasteiger partial charge in [0.25, 0.3) is 0 Å². The molecule has 0 aliphatic carbocycles. The van der Waals surface area contributed by atoms with Crippen LogP contribution < -0.4 is 0 Å². The Morgan fingerprint density at radius 1 is 1.67 bits per heavy atom.